The molecule has 3 heteroatoms. The Morgan fingerprint density at radius 3 is 1.23 bits per heavy atom. The summed E-state index contributed by atoms with van der Waals surface area (Å²) in [6, 6.07) is 0. The zero-order valence-corrected chi connectivity index (χ0v) is 17.9. The number of carbonyl (C=O) groups is 1. The van der Waals surface area contributed by atoms with Gasteiger partial charge in [0, 0.05) is 0 Å². The van der Waals surface area contributed by atoms with Crippen LogP contribution in [0.4, 0.5) is 0 Å². The minimum Gasteiger partial charge on any atom is -0.545 e. The fourth-order valence-corrected chi connectivity index (χ4v) is 3.34. The molecule has 0 aromatic rings. The molecule has 0 saturated carbocycles. The summed E-state index contributed by atoms with van der Waals surface area (Å²) in [5.74, 6) is -1.08. The first-order valence-corrected chi connectivity index (χ1v) is 11.1. The molecule has 0 amide bonds. The van der Waals surface area contributed by atoms with Crippen molar-refractivity contribution in [2.24, 2.45) is 0 Å². The topological polar surface area (TPSA) is 40.1 Å². The number of aliphatic carboxylic acids is 1. The summed E-state index contributed by atoms with van der Waals surface area (Å²) in [5.41, 5.74) is 0. The van der Waals surface area contributed by atoms with Crippen molar-refractivity contribution in [3.05, 3.63) is 12.2 Å². The Bertz CT molecular complexity index is 303. The molecule has 0 aliphatic carbocycles. The van der Waals surface area contributed by atoms with E-state index >= 15 is 0 Å². The maximum absolute atomic E-state index is 10.2. The summed E-state index contributed by atoms with van der Waals surface area (Å²) in [5, 5.41) is 10.2. The van der Waals surface area contributed by atoms with E-state index in [2.05, 4.69) is 6.92 Å². The van der Waals surface area contributed by atoms with E-state index < -0.39 is 5.97 Å². The Morgan fingerprint density at radius 1 is 0.615 bits per heavy atom. The molecule has 0 N–H and O–H groups in total. The van der Waals surface area contributed by atoms with Gasteiger partial charge in [-0.05, 0) is 18.9 Å². The smallest absolute Gasteiger partial charge is 0.545 e. The van der Waals surface area contributed by atoms with Gasteiger partial charge in [-0.2, -0.15) is 0 Å². The number of rotatable bonds is 20. The molecular weight excluding hydrogens is 315 g/mol. The monoisotopic (exact) mass is 358 g/mol. The zero-order chi connectivity index (χ0) is 18.4. The van der Waals surface area contributed by atoms with Crippen LogP contribution in [0.1, 0.15) is 129 Å². The summed E-state index contributed by atoms with van der Waals surface area (Å²) in [7, 11) is 0. The summed E-state index contributed by atoms with van der Waals surface area (Å²) in [6.45, 7) is 2.28. The van der Waals surface area contributed by atoms with Crippen LogP contribution in [-0.4, -0.2) is 5.97 Å². The van der Waals surface area contributed by atoms with Gasteiger partial charge >= 0.3 is 18.9 Å². The Hall–Kier alpha value is -0.193. The Morgan fingerprint density at radius 2 is 0.923 bits per heavy atom. The number of hydrogen-bond donors (Lipinski definition) is 0. The standard InChI is InChI=1S/C23H44O2.Li/c1-2-3-4-5-6-7-8-9-10-11-12-13-14-15-16-17-18-19-20-21-22-23(24)25;/h21-22H,2-20H2,1H3,(H,24,25);/q;+1/p-1. The second-order valence-electron chi connectivity index (χ2n) is 7.52. The van der Waals surface area contributed by atoms with Crippen molar-refractivity contribution >= 4 is 5.97 Å². The molecule has 0 radical (unpaired) electrons. The summed E-state index contributed by atoms with van der Waals surface area (Å²) >= 11 is 0. The Labute approximate surface area is 175 Å². The maximum Gasteiger partial charge on any atom is 1.00 e. The van der Waals surface area contributed by atoms with Crippen LogP contribution in [0.5, 0.6) is 0 Å². The number of allylic oxidation sites excluding steroid dienone is 1. The molecular formula is C23H43LiO2. The molecule has 2 nitrogen and oxygen atoms in total. The van der Waals surface area contributed by atoms with Gasteiger partial charge in [-0.3, -0.25) is 0 Å². The van der Waals surface area contributed by atoms with Crippen LogP contribution in [0.2, 0.25) is 0 Å². The van der Waals surface area contributed by atoms with Crippen LogP contribution in [0.25, 0.3) is 0 Å². The van der Waals surface area contributed by atoms with Crippen molar-refractivity contribution in [3.8, 4) is 0 Å². The fourth-order valence-electron chi connectivity index (χ4n) is 3.34. The van der Waals surface area contributed by atoms with E-state index in [4.69, 9.17) is 0 Å². The van der Waals surface area contributed by atoms with Crippen molar-refractivity contribution < 1.29 is 28.8 Å². The molecule has 26 heavy (non-hydrogen) atoms. The molecule has 0 aliphatic rings. The second-order valence-corrected chi connectivity index (χ2v) is 7.52. The van der Waals surface area contributed by atoms with Crippen molar-refractivity contribution in [1.29, 1.82) is 0 Å². The summed E-state index contributed by atoms with van der Waals surface area (Å²) < 4.78 is 0. The number of carboxylic acid groups (broad SMARTS) is 1. The van der Waals surface area contributed by atoms with Gasteiger partial charge in [0.05, 0.1) is 5.97 Å². The van der Waals surface area contributed by atoms with Crippen LogP contribution >= 0.6 is 0 Å². The fraction of sp³-hybridized carbons (Fsp3) is 0.870. The molecule has 0 fully saturated rings. The maximum atomic E-state index is 10.2. The molecule has 0 spiro atoms. The molecule has 0 rings (SSSR count). The van der Waals surface area contributed by atoms with Gasteiger partial charge < -0.3 is 9.90 Å². The molecule has 0 heterocycles. The first kappa shape index (κ1) is 28.0. The third kappa shape index (κ3) is 26.0. The van der Waals surface area contributed by atoms with Crippen LogP contribution < -0.4 is 24.0 Å². The normalized spacial score (nSPS) is 11.0. The van der Waals surface area contributed by atoms with Gasteiger partial charge in [-0.25, -0.2) is 0 Å². The van der Waals surface area contributed by atoms with E-state index in [0.29, 0.717) is 0 Å². The first-order chi connectivity index (χ1) is 12.3. The summed E-state index contributed by atoms with van der Waals surface area (Å²) in [6.07, 6.45) is 28.6. The quantitative estimate of drug-likeness (QED) is 0.189. The van der Waals surface area contributed by atoms with Crippen LogP contribution in [0.15, 0.2) is 12.2 Å². The minimum atomic E-state index is -1.08. The third-order valence-electron chi connectivity index (χ3n) is 4.98. The van der Waals surface area contributed by atoms with Crippen molar-refractivity contribution in [2.45, 2.75) is 129 Å². The number of carboxylic acids is 1. The van der Waals surface area contributed by atoms with Gasteiger partial charge in [-0.1, -0.05) is 122 Å². The average molecular weight is 359 g/mol. The third-order valence-corrected chi connectivity index (χ3v) is 4.98. The Balaban J connectivity index is 0. The van der Waals surface area contributed by atoms with Gasteiger partial charge in [0.2, 0.25) is 0 Å². The number of hydrogen-bond acceptors (Lipinski definition) is 2. The molecule has 0 aliphatic heterocycles. The Kier molecular flexibility index (Phi) is 26.7. The minimum absolute atomic E-state index is 0. The van der Waals surface area contributed by atoms with Crippen molar-refractivity contribution in [3.63, 3.8) is 0 Å². The largest absolute Gasteiger partial charge is 1.00 e. The number of carbonyl (C=O) groups excluding carboxylic acids is 1. The van der Waals surface area contributed by atoms with Gasteiger partial charge in [-0.15, -0.1) is 0 Å². The van der Waals surface area contributed by atoms with Crippen LogP contribution in [-0.2, 0) is 4.79 Å². The first-order valence-electron chi connectivity index (χ1n) is 11.1. The molecule has 0 unspecified atom stereocenters. The van der Waals surface area contributed by atoms with Gasteiger partial charge in [0.1, 0.15) is 0 Å². The number of unbranched alkanes of at least 4 members (excludes halogenated alkanes) is 18. The molecule has 0 aromatic carbocycles. The second kappa shape index (κ2) is 24.8. The molecule has 148 valence electrons. The van der Waals surface area contributed by atoms with E-state index in [-0.39, 0.29) is 18.9 Å². The van der Waals surface area contributed by atoms with Gasteiger partial charge in [0.25, 0.3) is 0 Å². The molecule has 0 aromatic heterocycles. The molecule has 0 atom stereocenters. The van der Waals surface area contributed by atoms with E-state index in [0.717, 1.165) is 18.9 Å². The summed E-state index contributed by atoms with van der Waals surface area (Å²) in [4.78, 5) is 10.2. The molecule has 0 bridgehead atoms. The average Bonchev–Trinajstić information content (AvgIpc) is 2.60. The van der Waals surface area contributed by atoms with Crippen LogP contribution in [0, 0.1) is 0 Å². The van der Waals surface area contributed by atoms with E-state index in [1.54, 1.807) is 6.08 Å². The van der Waals surface area contributed by atoms with E-state index in [9.17, 15) is 9.90 Å². The predicted octanol–water partition coefficient (Wildman–Crippen LogP) is 3.73. The SMILES string of the molecule is CCCCCCCCCCCCCCCCCCCCC=CC(=O)[O-].[Li+]. The molecule has 0 saturated heterocycles. The van der Waals surface area contributed by atoms with E-state index in [1.165, 1.54) is 109 Å². The van der Waals surface area contributed by atoms with Crippen molar-refractivity contribution in [2.75, 3.05) is 0 Å². The van der Waals surface area contributed by atoms with Gasteiger partial charge in [0.15, 0.2) is 0 Å². The van der Waals surface area contributed by atoms with Crippen LogP contribution in [0.3, 0.4) is 0 Å². The predicted molar refractivity (Wildman–Crippen MR) is 108 cm³/mol. The van der Waals surface area contributed by atoms with E-state index in [1.807, 2.05) is 0 Å². The zero-order valence-electron chi connectivity index (χ0n) is 17.9. The van der Waals surface area contributed by atoms with Crippen molar-refractivity contribution in [1.82, 2.24) is 0 Å².